The third-order valence-corrected chi connectivity index (χ3v) is 9.64. The van der Waals surface area contributed by atoms with E-state index in [0.29, 0.717) is 50.3 Å². The fourth-order valence-corrected chi connectivity index (χ4v) is 6.93. The van der Waals surface area contributed by atoms with Crippen LogP contribution in [-0.2, 0) is 20.6 Å². The SMILES string of the molecule is CC(=O)ON1CCC(NC(=O)NCC(CCCN2CCC(O)(c3ccc(Cl)cc3)CC2)(c2ccccc2)c2ccccc2)CC1. The largest absolute Gasteiger partial charge is 0.385 e. The summed E-state index contributed by atoms with van der Waals surface area (Å²) in [6, 6.07) is 28.3. The summed E-state index contributed by atoms with van der Waals surface area (Å²) in [5, 5.41) is 20.1. The van der Waals surface area contributed by atoms with Crippen molar-refractivity contribution in [1.82, 2.24) is 20.6 Å². The molecule has 3 aromatic carbocycles. The number of urea groups is 1. The van der Waals surface area contributed by atoms with Crippen molar-refractivity contribution in [2.24, 2.45) is 0 Å². The van der Waals surface area contributed by atoms with Crippen molar-refractivity contribution < 1.29 is 19.5 Å². The first-order valence-electron chi connectivity index (χ1n) is 16.1. The molecule has 3 aromatic rings. The smallest absolute Gasteiger partial charge is 0.322 e. The lowest BCUT2D eigenvalue weighted by Gasteiger charge is -2.40. The first-order chi connectivity index (χ1) is 21.8. The molecule has 3 N–H and O–H groups in total. The van der Waals surface area contributed by atoms with Gasteiger partial charge in [0.25, 0.3) is 0 Å². The third kappa shape index (κ3) is 8.64. The fraction of sp³-hybridized carbons (Fsp3) is 0.444. The number of nitrogens with one attached hydrogen (secondary N) is 2. The first kappa shape index (κ1) is 32.9. The molecule has 0 unspecified atom stereocenters. The Labute approximate surface area is 271 Å². The molecule has 2 fully saturated rings. The Kier molecular flexibility index (Phi) is 11.2. The summed E-state index contributed by atoms with van der Waals surface area (Å²) < 4.78 is 0. The number of rotatable bonds is 11. The minimum absolute atomic E-state index is 0.0188. The number of halogens is 1. The van der Waals surface area contributed by atoms with Crippen LogP contribution in [0.15, 0.2) is 84.9 Å². The van der Waals surface area contributed by atoms with Crippen molar-refractivity contribution in [3.05, 3.63) is 107 Å². The zero-order valence-electron chi connectivity index (χ0n) is 26.1. The molecule has 0 aliphatic carbocycles. The van der Waals surface area contributed by atoms with Gasteiger partial charge < -0.3 is 25.5 Å². The number of piperidine rings is 2. The van der Waals surface area contributed by atoms with E-state index in [1.54, 1.807) is 5.06 Å². The van der Waals surface area contributed by atoms with Crippen LogP contribution in [0, 0.1) is 0 Å². The van der Waals surface area contributed by atoms with Crippen molar-refractivity contribution >= 4 is 23.6 Å². The van der Waals surface area contributed by atoms with Crippen molar-refractivity contribution in [1.29, 1.82) is 0 Å². The highest BCUT2D eigenvalue weighted by molar-refractivity contribution is 6.30. The van der Waals surface area contributed by atoms with Crippen LogP contribution in [0.1, 0.15) is 62.1 Å². The predicted molar refractivity (Wildman–Crippen MR) is 177 cm³/mol. The van der Waals surface area contributed by atoms with Gasteiger partial charge >= 0.3 is 12.0 Å². The zero-order chi connectivity index (χ0) is 31.7. The van der Waals surface area contributed by atoms with E-state index in [0.717, 1.165) is 38.0 Å². The predicted octanol–water partition coefficient (Wildman–Crippen LogP) is 5.63. The molecule has 8 nitrogen and oxygen atoms in total. The Morgan fingerprint density at radius 1 is 0.911 bits per heavy atom. The maximum absolute atomic E-state index is 13.2. The number of aliphatic hydroxyl groups is 1. The molecule has 0 bridgehead atoms. The molecule has 2 amide bonds. The highest BCUT2D eigenvalue weighted by Gasteiger charge is 2.37. The number of nitrogens with zero attached hydrogens (tertiary/aromatic N) is 2. The highest BCUT2D eigenvalue weighted by Crippen LogP contribution is 2.38. The quantitative estimate of drug-likeness (QED) is 0.254. The number of carbonyl (C=O) groups is 2. The van der Waals surface area contributed by atoms with Gasteiger partial charge in [0.15, 0.2) is 0 Å². The topological polar surface area (TPSA) is 94.1 Å². The van der Waals surface area contributed by atoms with Crippen LogP contribution in [0.5, 0.6) is 0 Å². The second-order valence-corrected chi connectivity index (χ2v) is 12.8. The van der Waals surface area contributed by atoms with Crippen molar-refractivity contribution in [3.63, 3.8) is 0 Å². The van der Waals surface area contributed by atoms with Crippen LogP contribution in [-0.4, -0.2) is 72.4 Å². The first-order valence-corrected chi connectivity index (χ1v) is 16.4. The molecular formula is C36H45ClN4O4. The molecule has 0 atom stereocenters. The van der Waals surface area contributed by atoms with Gasteiger partial charge in [-0.15, -0.1) is 5.06 Å². The standard InChI is InChI=1S/C36H45ClN4O4/c1-28(42)45-41-23-17-33(18-24-41)39-34(43)38-27-35(29-9-4-2-5-10-29,30-11-6-3-7-12-30)19-8-22-40-25-20-36(44,21-26-40)31-13-15-32(37)16-14-31/h2-7,9-16,33,44H,8,17-27H2,1H3,(H2,38,39,43). The lowest BCUT2D eigenvalue weighted by molar-refractivity contribution is -0.192. The van der Waals surface area contributed by atoms with Crippen molar-refractivity contribution in [3.8, 4) is 0 Å². The summed E-state index contributed by atoms with van der Waals surface area (Å²) in [6.07, 6.45) is 4.57. The summed E-state index contributed by atoms with van der Waals surface area (Å²) in [7, 11) is 0. The Hall–Kier alpha value is -3.43. The Bertz CT molecular complexity index is 1330. The van der Waals surface area contributed by atoms with Crippen LogP contribution in [0.25, 0.3) is 0 Å². The minimum atomic E-state index is -0.826. The summed E-state index contributed by atoms with van der Waals surface area (Å²) in [5.74, 6) is -0.322. The third-order valence-electron chi connectivity index (χ3n) is 9.39. The van der Waals surface area contributed by atoms with Gasteiger partial charge in [0, 0.05) is 56.1 Å². The molecular weight excluding hydrogens is 588 g/mol. The van der Waals surface area contributed by atoms with E-state index >= 15 is 0 Å². The number of likely N-dealkylation sites (tertiary alicyclic amines) is 1. The van der Waals surface area contributed by atoms with Gasteiger partial charge in [-0.2, -0.15) is 0 Å². The number of benzene rings is 3. The Morgan fingerprint density at radius 3 is 2.04 bits per heavy atom. The molecule has 2 saturated heterocycles. The van der Waals surface area contributed by atoms with E-state index in [9.17, 15) is 14.7 Å². The van der Waals surface area contributed by atoms with Crippen molar-refractivity contribution in [2.45, 2.75) is 62.5 Å². The molecule has 0 aromatic heterocycles. The molecule has 45 heavy (non-hydrogen) atoms. The van der Waals surface area contributed by atoms with Gasteiger partial charge in [-0.25, -0.2) is 4.79 Å². The normalized spacial score (nSPS) is 17.8. The highest BCUT2D eigenvalue weighted by atomic mass is 35.5. The summed E-state index contributed by atoms with van der Waals surface area (Å²) >= 11 is 6.07. The van der Waals surface area contributed by atoms with Crippen LogP contribution in [0.2, 0.25) is 5.02 Å². The van der Waals surface area contributed by atoms with Crippen LogP contribution in [0.4, 0.5) is 4.79 Å². The van der Waals surface area contributed by atoms with Gasteiger partial charge in [-0.1, -0.05) is 84.4 Å². The number of amides is 2. The van der Waals surface area contributed by atoms with E-state index in [-0.39, 0.29) is 18.0 Å². The molecule has 9 heteroatoms. The molecule has 0 radical (unpaired) electrons. The summed E-state index contributed by atoms with van der Waals surface area (Å²) in [5.41, 5.74) is 2.02. The van der Waals surface area contributed by atoms with Gasteiger partial charge in [0.2, 0.25) is 0 Å². The summed E-state index contributed by atoms with van der Waals surface area (Å²) in [4.78, 5) is 32.1. The Morgan fingerprint density at radius 2 is 1.49 bits per heavy atom. The number of hydrogen-bond acceptors (Lipinski definition) is 6. The minimum Gasteiger partial charge on any atom is -0.385 e. The van der Waals surface area contributed by atoms with E-state index in [1.807, 2.05) is 36.4 Å². The molecule has 2 heterocycles. The zero-order valence-corrected chi connectivity index (χ0v) is 26.8. The van der Waals surface area contributed by atoms with E-state index in [1.165, 1.54) is 18.1 Å². The van der Waals surface area contributed by atoms with Crippen LogP contribution >= 0.6 is 11.6 Å². The lowest BCUT2D eigenvalue weighted by atomic mass is 9.71. The number of carbonyl (C=O) groups excluding carboxylic acids is 2. The molecule has 240 valence electrons. The van der Waals surface area contributed by atoms with Gasteiger partial charge in [-0.3, -0.25) is 4.79 Å². The average molecular weight is 633 g/mol. The number of hydrogen-bond donors (Lipinski definition) is 3. The summed E-state index contributed by atoms with van der Waals surface area (Å²) in [6.45, 7) is 5.59. The van der Waals surface area contributed by atoms with Gasteiger partial charge in [-0.05, 0) is 73.9 Å². The maximum Gasteiger partial charge on any atom is 0.322 e. The van der Waals surface area contributed by atoms with E-state index in [2.05, 4.69) is 64.1 Å². The van der Waals surface area contributed by atoms with E-state index < -0.39 is 11.0 Å². The van der Waals surface area contributed by atoms with Crippen LogP contribution < -0.4 is 10.6 Å². The molecule has 0 saturated carbocycles. The van der Waals surface area contributed by atoms with E-state index in [4.69, 9.17) is 16.4 Å². The number of hydroxylamine groups is 2. The molecule has 0 spiro atoms. The lowest BCUT2D eigenvalue weighted by Crippen LogP contribution is -2.51. The monoisotopic (exact) mass is 632 g/mol. The second-order valence-electron chi connectivity index (χ2n) is 12.4. The fourth-order valence-electron chi connectivity index (χ4n) is 6.80. The second kappa shape index (κ2) is 15.2. The molecule has 2 aliphatic rings. The van der Waals surface area contributed by atoms with Gasteiger partial charge in [0.1, 0.15) is 0 Å². The van der Waals surface area contributed by atoms with Crippen molar-refractivity contribution in [2.75, 3.05) is 39.3 Å². The Balaban J connectivity index is 1.23. The maximum atomic E-state index is 13.2. The average Bonchev–Trinajstić information content (AvgIpc) is 3.05. The van der Waals surface area contributed by atoms with Crippen LogP contribution in [0.3, 0.4) is 0 Å². The van der Waals surface area contributed by atoms with Gasteiger partial charge in [0.05, 0.1) is 5.60 Å². The molecule has 2 aliphatic heterocycles. The molecule has 5 rings (SSSR count).